The molecular weight excluding hydrogens is 280 g/mol. The maximum absolute atomic E-state index is 11.9. The molecule has 20 heavy (non-hydrogen) atoms. The summed E-state index contributed by atoms with van der Waals surface area (Å²) in [6.45, 7) is 2.38. The van der Waals surface area contributed by atoms with Crippen molar-refractivity contribution in [1.82, 2.24) is 10.2 Å². The molecule has 2 amide bonds. The van der Waals surface area contributed by atoms with Crippen molar-refractivity contribution in [3.8, 4) is 0 Å². The molecule has 7 heteroatoms. The smallest absolute Gasteiger partial charge is 0.325 e. The largest absolute Gasteiger partial charge is 0.468 e. The lowest BCUT2D eigenvalue weighted by molar-refractivity contribution is -0.146. The van der Waals surface area contributed by atoms with Gasteiger partial charge in [-0.1, -0.05) is 6.07 Å². The third kappa shape index (κ3) is 5.00. The van der Waals surface area contributed by atoms with Gasteiger partial charge in [0.25, 0.3) is 5.91 Å². The van der Waals surface area contributed by atoms with Crippen molar-refractivity contribution >= 4 is 29.1 Å². The molecule has 0 bridgehead atoms. The average molecular weight is 298 g/mol. The molecule has 0 radical (unpaired) electrons. The van der Waals surface area contributed by atoms with Gasteiger partial charge in [-0.3, -0.25) is 14.4 Å². The van der Waals surface area contributed by atoms with Gasteiger partial charge in [0.15, 0.2) is 0 Å². The van der Waals surface area contributed by atoms with Crippen LogP contribution in [0.25, 0.3) is 0 Å². The number of esters is 1. The van der Waals surface area contributed by atoms with Gasteiger partial charge in [0, 0.05) is 19.5 Å². The second-order valence-corrected chi connectivity index (χ2v) is 4.91. The Kier molecular flexibility index (Phi) is 6.72. The maximum atomic E-state index is 11.9. The molecule has 0 spiro atoms. The van der Waals surface area contributed by atoms with Crippen LogP contribution in [0.5, 0.6) is 0 Å². The topological polar surface area (TPSA) is 75.7 Å². The maximum Gasteiger partial charge on any atom is 0.325 e. The van der Waals surface area contributed by atoms with Crippen molar-refractivity contribution in [1.29, 1.82) is 0 Å². The highest BCUT2D eigenvalue weighted by Crippen LogP contribution is 2.07. The van der Waals surface area contributed by atoms with Crippen LogP contribution >= 0.6 is 11.3 Å². The minimum absolute atomic E-state index is 0.0648. The molecule has 0 aromatic carbocycles. The first-order valence-electron chi connectivity index (χ1n) is 6.24. The van der Waals surface area contributed by atoms with Gasteiger partial charge in [0.05, 0.1) is 12.0 Å². The zero-order valence-electron chi connectivity index (χ0n) is 11.5. The van der Waals surface area contributed by atoms with Crippen molar-refractivity contribution < 1.29 is 19.1 Å². The quantitative estimate of drug-likeness (QED) is 0.759. The first kappa shape index (κ1) is 16.2. The minimum atomic E-state index is -0.456. The van der Waals surface area contributed by atoms with Crippen LogP contribution < -0.4 is 5.32 Å². The fourth-order valence-corrected chi connectivity index (χ4v) is 2.17. The van der Waals surface area contributed by atoms with E-state index in [1.54, 1.807) is 19.1 Å². The Hall–Kier alpha value is -1.89. The van der Waals surface area contributed by atoms with Crippen molar-refractivity contribution in [3.05, 3.63) is 22.4 Å². The number of rotatable bonds is 7. The number of carbonyl (C=O) groups is 3. The Morgan fingerprint density at radius 3 is 2.70 bits per heavy atom. The summed E-state index contributed by atoms with van der Waals surface area (Å²) < 4.78 is 4.52. The van der Waals surface area contributed by atoms with E-state index in [1.165, 1.54) is 23.3 Å². The summed E-state index contributed by atoms with van der Waals surface area (Å²) in [7, 11) is 1.28. The van der Waals surface area contributed by atoms with Crippen molar-refractivity contribution in [2.24, 2.45) is 0 Å². The van der Waals surface area contributed by atoms with E-state index in [0.29, 0.717) is 11.4 Å². The van der Waals surface area contributed by atoms with Crippen molar-refractivity contribution in [2.75, 3.05) is 26.7 Å². The van der Waals surface area contributed by atoms with E-state index in [0.717, 1.165) is 0 Å². The molecule has 0 aliphatic rings. The second-order valence-electron chi connectivity index (χ2n) is 3.97. The summed E-state index contributed by atoms with van der Waals surface area (Å²) in [6, 6.07) is 3.51. The van der Waals surface area contributed by atoms with E-state index in [2.05, 4.69) is 10.1 Å². The van der Waals surface area contributed by atoms with Gasteiger partial charge in [-0.15, -0.1) is 11.3 Å². The number of likely N-dealkylation sites (N-methyl/N-ethyl adjacent to an activating group) is 1. The number of carbonyl (C=O) groups excluding carboxylic acids is 3. The summed E-state index contributed by atoms with van der Waals surface area (Å²) >= 11 is 1.34. The molecule has 1 N–H and O–H groups in total. The summed E-state index contributed by atoms with van der Waals surface area (Å²) in [5, 5.41) is 4.48. The first-order chi connectivity index (χ1) is 9.58. The Bertz CT molecular complexity index is 459. The number of thiophene rings is 1. The molecule has 0 aliphatic carbocycles. The number of nitrogens with one attached hydrogen (secondary N) is 1. The molecule has 1 heterocycles. The van der Waals surface area contributed by atoms with E-state index < -0.39 is 5.97 Å². The number of amides is 2. The SMILES string of the molecule is CCN(CC(=O)OC)C(=O)CCNC(=O)c1cccs1. The first-order valence-corrected chi connectivity index (χ1v) is 7.12. The fourth-order valence-electron chi connectivity index (χ4n) is 1.53. The summed E-state index contributed by atoms with van der Waals surface area (Å²) in [5.41, 5.74) is 0. The lowest BCUT2D eigenvalue weighted by atomic mass is 10.3. The second kappa shape index (κ2) is 8.31. The monoisotopic (exact) mass is 298 g/mol. The third-order valence-corrected chi connectivity index (χ3v) is 3.52. The van der Waals surface area contributed by atoms with Crippen LogP contribution in [-0.4, -0.2) is 49.4 Å². The van der Waals surface area contributed by atoms with Gasteiger partial charge in [0.1, 0.15) is 6.54 Å². The summed E-state index contributed by atoms with van der Waals surface area (Å²) in [5.74, 6) is -0.837. The molecule has 0 saturated heterocycles. The Morgan fingerprint density at radius 1 is 1.40 bits per heavy atom. The molecule has 0 aliphatic heterocycles. The third-order valence-electron chi connectivity index (χ3n) is 2.65. The highest BCUT2D eigenvalue weighted by molar-refractivity contribution is 7.12. The zero-order valence-corrected chi connectivity index (χ0v) is 12.4. The fraction of sp³-hybridized carbons (Fsp3) is 0.462. The van der Waals surface area contributed by atoms with Crippen LogP contribution in [0.1, 0.15) is 23.0 Å². The van der Waals surface area contributed by atoms with E-state index in [9.17, 15) is 14.4 Å². The molecular formula is C13H18N2O4S. The average Bonchev–Trinajstić information content (AvgIpc) is 2.98. The molecule has 0 saturated carbocycles. The predicted octanol–water partition coefficient (Wildman–Crippen LogP) is 0.890. The van der Waals surface area contributed by atoms with E-state index >= 15 is 0 Å². The summed E-state index contributed by atoms with van der Waals surface area (Å²) in [4.78, 5) is 36.7. The number of hydrogen-bond donors (Lipinski definition) is 1. The van der Waals surface area contributed by atoms with Gasteiger partial charge in [-0.25, -0.2) is 0 Å². The number of methoxy groups -OCH3 is 1. The van der Waals surface area contributed by atoms with E-state index in [4.69, 9.17) is 0 Å². The van der Waals surface area contributed by atoms with Gasteiger partial charge in [0.2, 0.25) is 5.91 Å². The van der Waals surface area contributed by atoms with Gasteiger partial charge in [-0.2, -0.15) is 0 Å². The molecule has 0 atom stereocenters. The van der Waals surface area contributed by atoms with Crippen LogP contribution in [0.2, 0.25) is 0 Å². The van der Waals surface area contributed by atoms with Crippen LogP contribution in [0.4, 0.5) is 0 Å². The lowest BCUT2D eigenvalue weighted by Gasteiger charge is -2.19. The molecule has 110 valence electrons. The van der Waals surface area contributed by atoms with Gasteiger partial charge in [-0.05, 0) is 18.4 Å². The number of ether oxygens (including phenoxy) is 1. The standard InChI is InChI=1S/C13H18N2O4S/c1-3-15(9-12(17)19-2)11(16)6-7-14-13(18)10-5-4-8-20-10/h4-5,8H,3,6-7,9H2,1-2H3,(H,14,18). The summed E-state index contributed by atoms with van der Waals surface area (Å²) in [6.07, 6.45) is 0.155. The highest BCUT2D eigenvalue weighted by atomic mass is 32.1. The lowest BCUT2D eigenvalue weighted by Crippen LogP contribution is -2.38. The molecule has 0 fully saturated rings. The molecule has 0 unspecified atom stereocenters. The van der Waals surface area contributed by atoms with Crippen molar-refractivity contribution in [3.63, 3.8) is 0 Å². The van der Waals surface area contributed by atoms with Gasteiger partial charge >= 0.3 is 5.97 Å². The van der Waals surface area contributed by atoms with Crippen LogP contribution in [-0.2, 0) is 14.3 Å². The van der Waals surface area contributed by atoms with Crippen LogP contribution in [0.3, 0.4) is 0 Å². The van der Waals surface area contributed by atoms with Crippen LogP contribution in [0, 0.1) is 0 Å². The Labute approximate surface area is 121 Å². The van der Waals surface area contributed by atoms with Crippen molar-refractivity contribution in [2.45, 2.75) is 13.3 Å². The predicted molar refractivity (Wildman–Crippen MR) is 75.5 cm³/mol. The Morgan fingerprint density at radius 2 is 2.15 bits per heavy atom. The number of hydrogen-bond acceptors (Lipinski definition) is 5. The highest BCUT2D eigenvalue weighted by Gasteiger charge is 2.16. The molecule has 1 rings (SSSR count). The molecule has 6 nitrogen and oxygen atoms in total. The zero-order chi connectivity index (χ0) is 15.0. The van der Waals surface area contributed by atoms with E-state index in [-0.39, 0.29) is 31.3 Å². The molecule has 1 aromatic rings. The molecule has 1 aromatic heterocycles. The van der Waals surface area contributed by atoms with E-state index in [1.807, 2.05) is 5.38 Å². The minimum Gasteiger partial charge on any atom is -0.468 e. The Balaban J connectivity index is 2.34. The number of nitrogens with zero attached hydrogens (tertiary/aromatic N) is 1. The normalized spacial score (nSPS) is 9.90. The van der Waals surface area contributed by atoms with Crippen LogP contribution in [0.15, 0.2) is 17.5 Å². The van der Waals surface area contributed by atoms with Gasteiger partial charge < -0.3 is 15.0 Å².